The Morgan fingerprint density at radius 3 is 2.78 bits per heavy atom. The van der Waals surface area contributed by atoms with Crippen LogP contribution in [0, 0.1) is 0 Å². The summed E-state index contributed by atoms with van der Waals surface area (Å²) in [6, 6.07) is 0. The zero-order chi connectivity index (χ0) is 13.8. The van der Waals surface area contributed by atoms with Crippen LogP contribution in [0.25, 0.3) is 0 Å². The first-order valence-electron chi connectivity index (χ1n) is 6.18. The molecule has 0 atom stereocenters. The van der Waals surface area contributed by atoms with Crippen molar-refractivity contribution in [1.82, 2.24) is 9.80 Å². The molecule has 0 aromatic carbocycles. The van der Waals surface area contributed by atoms with Crippen molar-refractivity contribution in [2.24, 2.45) is 5.73 Å². The van der Waals surface area contributed by atoms with Gasteiger partial charge >= 0.3 is 0 Å². The van der Waals surface area contributed by atoms with Crippen LogP contribution in [-0.2, 0) is 9.53 Å². The first-order valence-corrected chi connectivity index (χ1v) is 6.59. The number of carbonyl (C=O) groups excluding carboxylic acids is 1. The van der Waals surface area contributed by atoms with Crippen LogP contribution in [0.2, 0.25) is 0 Å². The molecule has 18 heavy (non-hydrogen) atoms. The minimum atomic E-state index is -0.0854. The zero-order valence-electron chi connectivity index (χ0n) is 11.4. The standard InChI is InChI=1S/C12H23N3O2S/c1-12(2)9-17-7-6-15(12)8-11(16)14(3)5-4-10(13)18/h4-9H2,1-3H3,(H2,13,18). The number of thiocarbonyl (C=S) groups is 1. The van der Waals surface area contributed by atoms with E-state index in [4.69, 9.17) is 22.7 Å². The second kappa shape index (κ2) is 6.45. The Hall–Kier alpha value is -0.720. The lowest BCUT2D eigenvalue weighted by Crippen LogP contribution is -2.56. The number of carbonyl (C=O) groups is 1. The Bertz CT molecular complexity index is 320. The molecule has 0 aromatic rings. The number of hydrogen-bond acceptors (Lipinski definition) is 4. The summed E-state index contributed by atoms with van der Waals surface area (Å²) in [5, 5.41) is 0. The number of amides is 1. The number of likely N-dealkylation sites (N-methyl/N-ethyl adjacent to an activating group) is 1. The maximum atomic E-state index is 12.1. The van der Waals surface area contributed by atoms with E-state index in [-0.39, 0.29) is 11.4 Å². The highest BCUT2D eigenvalue weighted by Gasteiger charge is 2.32. The topological polar surface area (TPSA) is 58.8 Å². The third-order valence-corrected chi connectivity index (χ3v) is 3.47. The lowest BCUT2D eigenvalue weighted by atomic mass is 10.0. The largest absolute Gasteiger partial charge is 0.393 e. The van der Waals surface area contributed by atoms with Crippen molar-refractivity contribution in [3.05, 3.63) is 0 Å². The third kappa shape index (κ3) is 4.51. The summed E-state index contributed by atoms with van der Waals surface area (Å²) >= 11 is 4.81. The smallest absolute Gasteiger partial charge is 0.236 e. The Kier molecular flexibility index (Phi) is 5.49. The van der Waals surface area contributed by atoms with Crippen LogP contribution in [0.4, 0.5) is 0 Å². The fraction of sp³-hybridized carbons (Fsp3) is 0.833. The summed E-state index contributed by atoms with van der Waals surface area (Å²) in [5.74, 6) is 0.0984. The predicted molar refractivity (Wildman–Crippen MR) is 75.5 cm³/mol. The van der Waals surface area contributed by atoms with E-state index in [1.807, 2.05) is 0 Å². The zero-order valence-corrected chi connectivity index (χ0v) is 12.3. The summed E-state index contributed by atoms with van der Waals surface area (Å²) < 4.78 is 5.44. The quantitative estimate of drug-likeness (QED) is 0.727. The second-order valence-corrected chi connectivity index (χ2v) is 5.84. The van der Waals surface area contributed by atoms with Crippen LogP contribution in [-0.4, -0.2) is 66.1 Å². The van der Waals surface area contributed by atoms with Crippen molar-refractivity contribution in [3.8, 4) is 0 Å². The van der Waals surface area contributed by atoms with Gasteiger partial charge < -0.3 is 15.4 Å². The van der Waals surface area contributed by atoms with Gasteiger partial charge in [-0.2, -0.15) is 0 Å². The highest BCUT2D eigenvalue weighted by molar-refractivity contribution is 7.80. The molecular formula is C12H23N3O2S. The molecule has 0 aliphatic carbocycles. The fourth-order valence-electron chi connectivity index (χ4n) is 1.87. The van der Waals surface area contributed by atoms with Crippen molar-refractivity contribution >= 4 is 23.1 Å². The van der Waals surface area contributed by atoms with Gasteiger partial charge in [0.25, 0.3) is 0 Å². The third-order valence-electron chi connectivity index (χ3n) is 3.26. The first kappa shape index (κ1) is 15.3. The molecule has 1 rings (SSSR count). The molecule has 0 saturated carbocycles. The van der Waals surface area contributed by atoms with E-state index in [0.717, 1.165) is 6.54 Å². The Morgan fingerprint density at radius 1 is 1.56 bits per heavy atom. The van der Waals surface area contributed by atoms with Gasteiger partial charge in [0.2, 0.25) is 5.91 Å². The van der Waals surface area contributed by atoms with Gasteiger partial charge in [0, 0.05) is 32.1 Å². The van der Waals surface area contributed by atoms with Gasteiger partial charge in [0.1, 0.15) is 0 Å². The Morgan fingerprint density at radius 2 is 2.22 bits per heavy atom. The summed E-state index contributed by atoms with van der Waals surface area (Å²) in [5.41, 5.74) is 5.35. The molecule has 6 heteroatoms. The number of nitrogens with zero attached hydrogens (tertiary/aromatic N) is 2. The lowest BCUT2D eigenvalue weighted by Gasteiger charge is -2.42. The molecule has 0 aromatic heterocycles. The van der Waals surface area contributed by atoms with Crippen molar-refractivity contribution in [1.29, 1.82) is 0 Å². The van der Waals surface area contributed by atoms with Gasteiger partial charge in [-0.25, -0.2) is 0 Å². The molecule has 1 aliphatic heterocycles. The van der Waals surface area contributed by atoms with E-state index in [1.54, 1.807) is 11.9 Å². The summed E-state index contributed by atoms with van der Waals surface area (Å²) in [4.78, 5) is 16.4. The number of hydrogen-bond donors (Lipinski definition) is 1. The normalized spacial score (nSPS) is 19.5. The molecule has 2 N–H and O–H groups in total. The molecule has 1 heterocycles. The van der Waals surface area contributed by atoms with E-state index in [0.29, 0.717) is 37.7 Å². The summed E-state index contributed by atoms with van der Waals surface area (Å²) in [6.07, 6.45) is 0.573. The maximum absolute atomic E-state index is 12.1. The molecule has 104 valence electrons. The predicted octanol–water partition coefficient (Wildman–Crippen LogP) is 0.232. The summed E-state index contributed by atoms with van der Waals surface area (Å²) in [6.45, 7) is 7.33. The van der Waals surface area contributed by atoms with Gasteiger partial charge in [0.15, 0.2) is 0 Å². The number of ether oxygens (including phenoxy) is 1. The van der Waals surface area contributed by atoms with E-state index in [2.05, 4.69) is 18.7 Å². The highest BCUT2D eigenvalue weighted by atomic mass is 32.1. The van der Waals surface area contributed by atoms with Gasteiger partial charge in [-0.3, -0.25) is 9.69 Å². The van der Waals surface area contributed by atoms with Gasteiger partial charge in [-0.15, -0.1) is 0 Å². The molecular weight excluding hydrogens is 250 g/mol. The molecule has 1 amide bonds. The maximum Gasteiger partial charge on any atom is 0.236 e. The Balaban J connectivity index is 2.45. The minimum Gasteiger partial charge on any atom is -0.393 e. The monoisotopic (exact) mass is 273 g/mol. The molecule has 0 radical (unpaired) electrons. The van der Waals surface area contributed by atoms with E-state index < -0.39 is 0 Å². The van der Waals surface area contributed by atoms with Gasteiger partial charge in [0.05, 0.1) is 24.7 Å². The van der Waals surface area contributed by atoms with Crippen LogP contribution in [0.15, 0.2) is 0 Å². The van der Waals surface area contributed by atoms with Gasteiger partial charge in [-0.1, -0.05) is 12.2 Å². The van der Waals surface area contributed by atoms with Crippen molar-refractivity contribution in [2.45, 2.75) is 25.8 Å². The van der Waals surface area contributed by atoms with E-state index in [1.165, 1.54) is 0 Å². The lowest BCUT2D eigenvalue weighted by molar-refractivity contribution is -0.135. The van der Waals surface area contributed by atoms with E-state index in [9.17, 15) is 4.79 Å². The summed E-state index contributed by atoms with van der Waals surface area (Å²) in [7, 11) is 1.79. The molecule has 1 saturated heterocycles. The van der Waals surface area contributed by atoms with E-state index >= 15 is 0 Å². The fourth-order valence-corrected chi connectivity index (χ4v) is 1.96. The van der Waals surface area contributed by atoms with Crippen molar-refractivity contribution in [2.75, 3.05) is 39.9 Å². The first-order chi connectivity index (χ1) is 8.33. The molecule has 0 unspecified atom stereocenters. The Labute approximate surface area is 114 Å². The molecule has 1 fully saturated rings. The molecule has 0 spiro atoms. The van der Waals surface area contributed by atoms with Crippen LogP contribution in [0.3, 0.4) is 0 Å². The van der Waals surface area contributed by atoms with Gasteiger partial charge in [-0.05, 0) is 13.8 Å². The highest BCUT2D eigenvalue weighted by Crippen LogP contribution is 2.18. The second-order valence-electron chi connectivity index (χ2n) is 5.32. The molecule has 0 bridgehead atoms. The SMILES string of the molecule is CN(CCC(N)=S)C(=O)CN1CCOCC1(C)C. The molecule has 1 aliphatic rings. The van der Waals surface area contributed by atoms with Crippen molar-refractivity contribution < 1.29 is 9.53 Å². The van der Waals surface area contributed by atoms with Crippen LogP contribution < -0.4 is 5.73 Å². The van der Waals surface area contributed by atoms with Crippen LogP contribution >= 0.6 is 12.2 Å². The minimum absolute atomic E-state index is 0.0854. The number of rotatable bonds is 5. The average molecular weight is 273 g/mol. The molecule has 5 nitrogen and oxygen atoms in total. The van der Waals surface area contributed by atoms with Crippen LogP contribution in [0.1, 0.15) is 20.3 Å². The number of morpholine rings is 1. The van der Waals surface area contributed by atoms with Crippen molar-refractivity contribution in [3.63, 3.8) is 0 Å². The average Bonchev–Trinajstić information content (AvgIpc) is 2.28. The number of nitrogens with two attached hydrogens (primary N) is 1. The van der Waals surface area contributed by atoms with Crippen LogP contribution in [0.5, 0.6) is 0 Å².